The van der Waals surface area contributed by atoms with E-state index in [1.165, 1.54) is 18.4 Å². The highest BCUT2D eigenvalue weighted by Gasteiger charge is 2.52. The number of fused-ring (bicyclic) bond motifs is 1. The van der Waals surface area contributed by atoms with Gasteiger partial charge in [0.25, 0.3) is 0 Å². The highest BCUT2D eigenvalue weighted by Crippen LogP contribution is 2.45. The second-order valence-corrected chi connectivity index (χ2v) is 6.09. The lowest BCUT2D eigenvalue weighted by molar-refractivity contribution is -0.114. The first-order valence-electron chi connectivity index (χ1n) is 6.91. The third kappa shape index (κ3) is 1.65. The van der Waals surface area contributed by atoms with Crippen molar-refractivity contribution in [3.05, 3.63) is 29.8 Å². The van der Waals surface area contributed by atoms with Crippen molar-refractivity contribution in [1.82, 2.24) is 4.90 Å². The van der Waals surface area contributed by atoms with Crippen molar-refractivity contribution in [2.24, 2.45) is 5.92 Å². The average Bonchev–Trinajstić information content (AvgIpc) is 3.11. The number of β-amino-alcohol motifs (C(OH)–C–C–N with tert-alkyl or cyclic N) is 1. The monoisotopic (exact) mass is 245 g/mol. The zero-order chi connectivity index (χ0) is 12.2. The first-order chi connectivity index (χ1) is 8.74. The van der Waals surface area contributed by atoms with Crippen LogP contribution in [0, 0.1) is 5.92 Å². The lowest BCUT2D eigenvalue weighted by atomic mass is 9.87. The van der Waals surface area contributed by atoms with Crippen molar-refractivity contribution in [1.29, 1.82) is 0 Å². The van der Waals surface area contributed by atoms with Crippen LogP contribution >= 0.6 is 0 Å². The summed E-state index contributed by atoms with van der Waals surface area (Å²) in [6.45, 7) is 3.52. The highest BCUT2D eigenvalue weighted by atomic mass is 16.5. The van der Waals surface area contributed by atoms with Gasteiger partial charge in [-0.1, -0.05) is 18.2 Å². The Morgan fingerprint density at radius 1 is 1.28 bits per heavy atom. The van der Waals surface area contributed by atoms with Gasteiger partial charge < -0.3 is 9.84 Å². The average molecular weight is 245 g/mol. The molecule has 0 aromatic heterocycles. The predicted octanol–water partition coefficient (Wildman–Crippen LogP) is 1.62. The molecule has 2 aliphatic heterocycles. The molecule has 4 rings (SSSR count). The Morgan fingerprint density at radius 2 is 2.06 bits per heavy atom. The van der Waals surface area contributed by atoms with Crippen molar-refractivity contribution in [2.45, 2.75) is 24.4 Å². The molecule has 1 aromatic rings. The van der Waals surface area contributed by atoms with E-state index < -0.39 is 0 Å². The predicted molar refractivity (Wildman–Crippen MR) is 68.8 cm³/mol. The van der Waals surface area contributed by atoms with Gasteiger partial charge in [0.1, 0.15) is 5.75 Å². The Morgan fingerprint density at radius 3 is 2.83 bits per heavy atom. The molecule has 1 N–H and O–H groups in total. The molecule has 1 aliphatic carbocycles. The van der Waals surface area contributed by atoms with Gasteiger partial charge in [0.05, 0.1) is 12.2 Å². The minimum atomic E-state index is -0.362. The van der Waals surface area contributed by atoms with Gasteiger partial charge in [-0.3, -0.25) is 4.90 Å². The molecule has 1 saturated heterocycles. The quantitative estimate of drug-likeness (QED) is 0.878. The Balaban J connectivity index is 1.40. The molecule has 0 spiro atoms. The molecule has 0 amide bonds. The number of benzene rings is 1. The Kier molecular flexibility index (Phi) is 2.24. The van der Waals surface area contributed by atoms with E-state index in [-0.39, 0.29) is 5.60 Å². The van der Waals surface area contributed by atoms with E-state index >= 15 is 0 Å². The molecule has 18 heavy (non-hydrogen) atoms. The number of hydrogen-bond acceptors (Lipinski definition) is 3. The van der Waals surface area contributed by atoms with Crippen LogP contribution in [0.3, 0.4) is 0 Å². The van der Waals surface area contributed by atoms with Crippen LogP contribution in [0.15, 0.2) is 24.3 Å². The molecule has 3 nitrogen and oxygen atoms in total. The van der Waals surface area contributed by atoms with E-state index in [2.05, 4.69) is 17.0 Å². The van der Waals surface area contributed by atoms with Crippen molar-refractivity contribution in [2.75, 3.05) is 26.2 Å². The molecule has 3 heteroatoms. The molecule has 1 aromatic carbocycles. The Bertz CT molecular complexity index is 463. The summed E-state index contributed by atoms with van der Waals surface area (Å²) in [4.78, 5) is 2.37. The molecule has 1 saturated carbocycles. The summed E-state index contributed by atoms with van der Waals surface area (Å²) in [5.41, 5.74) is 0.971. The van der Waals surface area contributed by atoms with Crippen molar-refractivity contribution >= 4 is 0 Å². The van der Waals surface area contributed by atoms with Crippen molar-refractivity contribution < 1.29 is 9.84 Å². The van der Waals surface area contributed by atoms with Gasteiger partial charge in [-0.2, -0.15) is 0 Å². The molecule has 1 atom stereocenters. The number of nitrogens with zero attached hydrogens (tertiary/aromatic N) is 1. The maximum Gasteiger partial charge on any atom is 0.122 e. The van der Waals surface area contributed by atoms with E-state index in [1.54, 1.807) is 0 Å². The zero-order valence-electron chi connectivity index (χ0n) is 10.5. The van der Waals surface area contributed by atoms with Crippen LogP contribution in [0.25, 0.3) is 0 Å². The van der Waals surface area contributed by atoms with Crippen LogP contribution in [-0.2, 0) is 0 Å². The number of rotatable bonds is 3. The standard InChI is InChI=1S/C15H19NO2/c17-15(12-5-6-12)9-16(10-15)7-11-8-18-14-4-2-1-3-13(11)14/h1-4,11-12,17H,5-10H2. The summed E-state index contributed by atoms with van der Waals surface area (Å²) in [6.07, 6.45) is 2.44. The van der Waals surface area contributed by atoms with Crippen LogP contribution in [0.5, 0.6) is 5.75 Å². The fourth-order valence-electron chi connectivity index (χ4n) is 3.43. The topological polar surface area (TPSA) is 32.7 Å². The van der Waals surface area contributed by atoms with Crippen molar-refractivity contribution in [3.8, 4) is 5.75 Å². The molecule has 1 unspecified atom stereocenters. The van der Waals surface area contributed by atoms with E-state index in [4.69, 9.17) is 4.74 Å². The number of ether oxygens (including phenoxy) is 1. The second-order valence-electron chi connectivity index (χ2n) is 6.09. The largest absolute Gasteiger partial charge is 0.493 e. The summed E-state index contributed by atoms with van der Waals surface area (Å²) < 4.78 is 5.70. The lowest BCUT2D eigenvalue weighted by Crippen LogP contribution is -2.63. The van der Waals surface area contributed by atoms with Crippen LogP contribution in [0.1, 0.15) is 24.3 Å². The first kappa shape index (κ1) is 10.8. The molecular formula is C15H19NO2. The van der Waals surface area contributed by atoms with E-state index in [1.807, 2.05) is 12.1 Å². The minimum absolute atomic E-state index is 0.362. The van der Waals surface area contributed by atoms with Gasteiger partial charge in [-0.05, 0) is 24.8 Å². The van der Waals surface area contributed by atoms with Crippen LogP contribution in [-0.4, -0.2) is 41.8 Å². The molecule has 2 fully saturated rings. The summed E-state index contributed by atoms with van der Waals surface area (Å²) in [5, 5.41) is 10.3. The van der Waals surface area contributed by atoms with Crippen LogP contribution in [0.2, 0.25) is 0 Å². The fraction of sp³-hybridized carbons (Fsp3) is 0.600. The summed E-state index contributed by atoms with van der Waals surface area (Å²) in [7, 11) is 0. The normalized spacial score (nSPS) is 29.5. The van der Waals surface area contributed by atoms with Crippen LogP contribution < -0.4 is 4.74 Å². The zero-order valence-corrected chi connectivity index (χ0v) is 10.5. The van der Waals surface area contributed by atoms with Gasteiger partial charge in [0.15, 0.2) is 0 Å². The minimum Gasteiger partial charge on any atom is -0.493 e. The summed E-state index contributed by atoms with van der Waals surface area (Å²) >= 11 is 0. The Hall–Kier alpha value is -1.06. The molecular weight excluding hydrogens is 226 g/mol. The third-order valence-electron chi connectivity index (χ3n) is 4.61. The third-order valence-corrected chi connectivity index (χ3v) is 4.61. The number of hydrogen-bond donors (Lipinski definition) is 1. The molecule has 0 bridgehead atoms. The second kappa shape index (κ2) is 3.72. The van der Waals surface area contributed by atoms with Crippen LogP contribution in [0.4, 0.5) is 0 Å². The maximum absolute atomic E-state index is 10.3. The summed E-state index contributed by atoms with van der Waals surface area (Å²) in [6, 6.07) is 8.32. The number of para-hydroxylation sites is 1. The SMILES string of the molecule is OC1(C2CC2)CN(CC2COc3ccccc32)C1. The van der Waals surface area contributed by atoms with Gasteiger partial charge in [-0.25, -0.2) is 0 Å². The molecule has 96 valence electrons. The number of likely N-dealkylation sites (tertiary alicyclic amines) is 1. The molecule has 2 heterocycles. The Labute approximate surface area is 107 Å². The van der Waals surface area contributed by atoms with E-state index in [0.29, 0.717) is 11.8 Å². The van der Waals surface area contributed by atoms with Gasteiger partial charge in [0, 0.05) is 31.1 Å². The van der Waals surface area contributed by atoms with Crippen molar-refractivity contribution in [3.63, 3.8) is 0 Å². The van der Waals surface area contributed by atoms with Gasteiger partial charge in [-0.15, -0.1) is 0 Å². The fourth-order valence-corrected chi connectivity index (χ4v) is 3.43. The highest BCUT2D eigenvalue weighted by molar-refractivity contribution is 5.39. The van der Waals surface area contributed by atoms with E-state index in [0.717, 1.165) is 32.0 Å². The molecule has 3 aliphatic rings. The smallest absolute Gasteiger partial charge is 0.122 e. The van der Waals surface area contributed by atoms with Gasteiger partial charge >= 0.3 is 0 Å². The number of aliphatic hydroxyl groups is 1. The lowest BCUT2D eigenvalue weighted by Gasteiger charge is -2.47. The summed E-state index contributed by atoms with van der Waals surface area (Å²) in [5.74, 6) is 2.10. The first-order valence-corrected chi connectivity index (χ1v) is 6.91. The van der Waals surface area contributed by atoms with E-state index in [9.17, 15) is 5.11 Å². The molecule has 0 radical (unpaired) electrons. The maximum atomic E-state index is 10.3. The van der Waals surface area contributed by atoms with Gasteiger partial charge in [0.2, 0.25) is 0 Å².